The monoisotopic (exact) mass is 244 g/mol. The summed E-state index contributed by atoms with van der Waals surface area (Å²) in [5.74, 6) is -0.0906. The van der Waals surface area contributed by atoms with Crippen LogP contribution in [0.4, 0.5) is 0 Å². The highest BCUT2D eigenvalue weighted by molar-refractivity contribution is 6.42. The van der Waals surface area contributed by atoms with Gasteiger partial charge in [-0.3, -0.25) is 4.79 Å². The van der Waals surface area contributed by atoms with Crippen molar-refractivity contribution in [2.75, 3.05) is 0 Å². The molecule has 0 fully saturated rings. The molecule has 0 N–H and O–H groups in total. The molecule has 1 aromatic rings. The zero-order valence-electron chi connectivity index (χ0n) is 8.22. The van der Waals surface area contributed by atoms with E-state index in [1.54, 1.807) is 12.1 Å². The summed E-state index contributed by atoms with van der Waals surface area (Å²) < 4.78 is 0. The number of benzene rings is 1. The van der Waals surface area contributed by atoms with Crippen LogP contribution in [0.3, 0.4) is 0 Å². The molecule has 0 aliphatic rings. The number of carbonyl (C=O) groups is 2. The topological polar surface area (TPSA) is 34.1 Å². The molecule has 15 heavy (non-hydrogen) atoms. The molecule has 0 aromatic heterocycles. The maximum atomic E-state index is 11.6. The van der Waals surface area contributed by atoms with Crippen LogP contribution in [0.1, 0.15) is 30.1 Å². The van der Waals surface area contributed by atoms with Crippen LogP contribution >= 0.6 is 23.2 Å². The molecule has 0 atom stereocenters. The Morgan fingerprint density at radius 2 is 1.80 bits per heavy atom. The lowest BCUT2D eigenvalue weighted by molar-refractivity contribution is -0.116. The van der Waals surface area contributed by atoms with Gasteiger partial charge in [0.05, 0.1) is 10.0 Å². The van der Waals surface area contributed by atoms with Gasteiger partial charge in [-0.05, 0) is 25.1 Å². The number of rotatable bonds is 4. The van der Waals surface area contributed by atoms with Gasteiger partial charge in [0.15, 0.2) is 5.78 Å². The second-order valence-electron chi connectivity index (χ2n) is 3.25. The highest BCUT2D eigenvalue weighted by Gasteiger charge is 2.08. The minimum atomic E-state index is -0.0937. The van der Waals surface area contributed by atoms with Crippen LogP contribution < -0.4 is 0 Å². The molecule has 2 nitrogen and oxygen atoms in total. The van der Waals surface area contributed by atoms with Gasteiger partial charge in [0.25, 0.3) is 0 Å². The first-order valence-corrected chi connectivity index (χ1v) is 5.24. The third-order valence-corrected chi connectivity index (χ3v) is 2.68. The summed E-state index contributed by atoms with van der Waals surface area (Å²) in [6.45, 7) is 1.46. The number of halogens is 2. The zero-order valence-corrected chi connectivity index (χ0v) is 9.73. The lowest BCUT2D eigenvalue weighted by Gasteiger charge is -2.01. The molecule has 1 rings (SSSR count). The summed E-state index contributed by atoms with van der Waals surface area (Å²) in [6.07, 6.45) is 0.479. The van der Waals surface area contributed by atoms with Crippen molar-refractivity contribution < 1.29 is 9.59 Å². The summed E-state index contributed by atoms with van der Waals surface area (Å²) >= 11 is 11.5. The largest absolute Gasteiger partial charge is 0.300 e. The number of hydrogen-bond acceptors (Lipinski definition) is 2. The molecule has 0 saturated heterocycles. The normalized spacial score (nSPS) is 10.1. The third-order valence-electron chi connectivity index (χ3n) is 1.95. The Bertz CT molecular complexity index is 400. The highest BCUT2D eigenvalue weighted by atomic mass is 35.5. The molecular weight excluding hydrogens is 235 g/mol. The minimum Gasteiger partial charge on any atom is -0.300 e. The van der Waals surface area contributed by atoms with Gasteiger partial charge >= 0.3 is 0 Å². The molecule has 4 heteroatoms. The third kappa shape index (κ3) is 3.65. The Balaban J connectivity index is 2.74. The van der Waals surface area contributed by atoms with Crippen molar-refractivity contribution in [3.8, 4) is 0 Å². The maximum Gasteiger partial charge on any atom is 0.163 e. The van der Waals surface area contributed by atoms with Gasteiger partial charge in [0, 0.05) is 18.4 Å². The number of hydrogen-bond donors (Lipinski definition) is 0. The van der Waals surface area contributed by atoms with Crippen molar-refractivity contribution in [2.45, 2.75) is 19.8 Å². The predicted molar refractivity (Wildman–Crippen MR) is 60.7 cm³/mol. The van der Waals surface area contributed by atoms with Crippen molar-refractivity contribution in [3.05, 3.63) is 33.8 Å². The fraction of sp³-hybridized carbons (Fsp3) is 0.273. The van der Waals surface area contributed by atoms with E-state index in [9.17, 15) is 9.59 Å². The molecule has 0 radical (unpaired) electrons. The fourth-order valence-corrected chi connectivity index (χ4v) is 1.40. The number of ketones is 2. The first-order chi connectivity index (χ1) is 7.00. The Morgan fingerprint density at radius 3 is 2.33 bits per heavy atom. The Labute approximate surface area is 98.2 Å². The lowest BCUT2D eigenvalue weighted by atomic mass is 10.1. The SMILES string of the molecule is CC(=O)CCC(=O)c1ccc(Cl)c(Cl)c1. The second-order valence-corrected chi connectivity index (χ2v) is 4.07. The van der Waals surface area contributed by atoms with E-state index in [2.05, 4.69) is 0 Å². The van der Waals surface area contributed by atoms with Crippen LogP contribution in [0.15, 0.2) is 18.2 Å². The van der Waals surface area contributed by atoms with Crippen molar-refractivity contribution >= 4 is 34.8 Å². The van der Waals surface area contributed by atoms with Gasteiger partial charge in [-0.25, -0.2) is 0 Å². The Morgan fingerprint density at radius 1 is 1.13 bits per heavy atom. The molecule has 80 valence electrons. The minimum absolute atomic E-state index is 0.00316. The first kappa shape index (κ1) is 12.2. The van der Waals surface area contributed by atoms with Crippen molar-refractivity contribution in [3.63, 3.8) is 0 Å². The van der Waals surface area contributed by atoms with Crippen molar-refractivity contribution in [2.24, 2.45) is 0 Å². The van der Waals surface area contributed by atoms with Gasteiger partial charge in [0.2, 0.25) is 0 Å². The summed E-state index contributed by atoms with van der Waals surface area (Å²) in [7, 11) is 0. The van der Waals surface area contributed by atoms with Crippen molar-refractivity contribution in [1.29, 1.82) is 0 Å². The highest BCUT2D eigenvalue weighted by Crippen LogP contribution is 2.23. The summed E-state index contributed by atoms with van der Waals surface area (Å²) in [4.78, 5) is 22.3. The van der Waals surface area contributed by atoms with Crippen LogP contribution in [0, 0.1) is 0 Å². The molecule has 1 aromatic carbocycles. The van der Waals surface area contributed by atoms with Crippen LogP contribution in [0.25, 0.3) is 0 Å². The number of carbonyl (C=O) groups excluding carboxylic acids is 2. The van der Waals surface area contributed by atoms with E-state index < -0.39 is 0 Å². The Kier molecular flexibility index (Phi) is 4.30. The summed E-state index contributed by atoms with van der Waals surface area (Å²) in [6, 6.07) is 4.70. The van der Waals surface area contributed by atoms with E-state index in [1.807, 2.05) is 0 Å². The first-order valence-electron chi connectivity index (χ1n) is 4.48. The molecule has 0 unspecified atom stereocenters. The van der Waals surface area contributed by atoms with Gasteiger partial charge in [-0.1, -0.05) is 23.2 Å². The van der Waals surface area contributed by atoms with E-state index in [1.165, 1.54) is 13.0 Å². The quantitative estimate of drug-likeness (QED) is 0.760. The van der Waals surface area contributed by atoms with Crippen LogP contribution in [0.2, 0.25) is 10.0 Å². The predicted octanol–water partition coefficient (Wildman–Crippen LogP) is 3.55. The second kappa shape index (κ2) is 5.29. The molecule has 0 aliphatic carbocycles. The fourth-order valence-electron chi connectivity index (χ4n) is 1.10. The Hall–Kier alpha value is -0.860. The smallest absolute Gasteiger partial charge is 0.163 e. The van der Waals surface area contributed by atoms with Crippen molar-refractivity contribution in [1.82, 2.24) is 0 Å². The van der Waals surface area contributed by atoms with E-state index in [0.717, 1.165) is 0 Å². The van der Waals surface area contributed by atoms with E-state index >= 15 is 0 Å². The van der Waals surface area contributed by atoms with Crippen LogP contribution in [-0.4, -0.2) is 11.6 Å². The summed E-state index contributed by atoms with van der Waals surface area (Å²) in [5, 5.41) is 0.769. The lowest BCUT2D eigenvalue weighted by Crippen LogP contribution is -2.02. The van der Waals surface area contributed by atoms with E-state index in [0.29, 0.717) is 15.6 Å². The van der Waals surface area contributed by atoms with Gasteiger partial charge in [-0.15, -0.1) is 0 Å². The van der Waals surface area contributed by atoms with Gasteiger partial charge in [-0.2, -0.15) is 0 Å². The van der Waals surface area contributed by atoms with Gasteiger partial charge in [0.1, 0.15) is 5.78 Å². The molecule has 0 amide bonds. The molecule has 0 heterocycles. The van der Waals surface area contributed by atoms with E-state index in [-0.39, 0.29) is 24.4 Å². The van der Waals surface area contributed by atoms with E-state index in [4.69, 9.17) is 23.2 Å². The zero-order chi connectivity index (χ0) is 11.4. The molecule has 0 bridgehead atoms. The molecule has 0 aliphatic heterocycles. The van der Waals surface area contributed by atoms with Crippen LogP contribution in [0.5, 0.6) is 0 Å². The maximum absolute atomic E-state index is 11.6. The average Bonchev–Trinajstić information content (AvgIpc) is 2.18. The molecular formula is C11H10Cl2O2. The molecule has 0 spiro atoms. The summed E-state index contributed by atoms with van der Waals surface area (Å²) in [5.41, 5.74) is 0.491. The van der Waals surface area contributed by atoms with Gasteiger partial charge < -0.3 is 4.79 Å². The molecule has 0 saturated carbocycles. The average molecular weight is 245 g/mol. The van der Waals surface area contributed by atoms with Crippen LogP contribution in [-0.2, 0) is 4.79 Å². The standard InChI is InChI=1S/C11H10Cl2O2/c1-7(14)2-5-11(15)8-3-4-9(12)10(13)6-8/h3-4,6H,2,5H2,1H3. The number of Topliss-reactive ketones (excluding diaryl/α,β-unsaturated/α-hetero) is 2.